The van der Waals surface area contributed by atoms with E-state index in [0.717, 1.165) is 24.0 Å². The highest BCUT2D eigenvalue weighted by Crippen LogP contribution is 2.57. The van der Waals surface area contributed by atoms with Crippen LogP contribution in [0.25, 0.3) is 0 Å². The van der Waals surface area contributed by atoms with Crippen LogP contribution in [-0.2, 0) is 11.2 Å². The van der Waals surface area contributed by atoms with E-state index in [0.29, 0.717) is 24.3 Å². The van der Waals surface area contributed by atoms with Gasteiger partial charge >= 0.3 is 0 Å². The van der Waals surface area contributed by atoms with Crippen molar-refractivity contribution in [1.29, 1.82) is 0 Å². The number of carbonyl (C=O) groups excluding carboxylic acids is 2. The van der Waals surface area contributed by atoms with Crippen molar-refractivity contribution < 1.29 is 24.2 Å². The van der Waals surface area contributed by atoms with Gasteiger partial charge in [-0.15, -0.1) is 23.2 Å². The summed E-state index contributed by atoms with van der Waals surface area (Å²) in [4.78, 5) is 26.3. The molecule has 1 spiro atoms. The lowest BCUT2D eigenvalue weighted by Crippen LogP contribution is -2.72. The molecular formula is C25H26Cl2O5. The van der Waals surface area contributed by atoms with Crippen LogP contribution >= 0.6 is 23.2 Å². The van der Waals surface area contributed by atoms with Crippen LogP contribution in [0.3, 0.4) is 0 Å². The lowest BCUT2D eigenvalue weighted by Gasteiger charge is -2.56. The number of ketones is 2. The number of hydrogen-bond donors (Lipinski definition) is 1. The maximum Gasteiger partial charge on any atom is 0.198 e. The highest BCUT2D eigenvalue weighted by atomic mass is 35.5. The van der Waals surface area contributed by atoms with Crippen molar-refractivity contribution in [2.75, 3.05) is 6.61 Å². The fourth-order valence-corrected chi connectivity index (χ4v) is 6.17. The zero-order valence-electron chi connectivity index (χ0n) is 18.4. The molecule has 0 saturated carbocycles. The zero-order valence-corrected chi connectivity index (χ0v) is 19.9. The second kappa shape index (κ2) is 7.09. The summed E-state index contributed by atoms with van der Waals surface area (Å²) in [5.74, 6) is -0.738. The van der Waals surface area contributed by atoms with E-state index in [4.69, 9.17) is 32.7 Å². The third kappa shape index (κ3) is 2.87. The van der Waals surface area contributed by atoms with Crippen LogP contribution in [0.5, 0.6) is 11.5 Å². The van der Waals surface area contributed by atoms with Crippen LogP contribution in [0.1, 0.15) is 72.7 Å². The minimum absolute atomic E-state index is 0.0471. The lowest BCUT2D eigenvalue weighted by atomic mass is 9.63. The van der Waals surface area contributed by atoms with Crippen molar-refractivity contribution in [3.05, 3.63) is 46.1 Å². The van der Waals surface area contributed by atoms with Gasteiger partial charge in [0.25, 0.3) is 0 Å². The molecule has 32 heavy (non-hydrogen) atoms. The number of hydrogen-bond acceptors (Lipinski definition) is 5. The molecule has 7 aliphatic rings. The number of rotatable bonds is 0. The summed E-state index contributed by atoms with van der Waals surface area (Å²) < 4.78 is 12.3. The molecule has 0 unspecified atom stereocenters. The molecule has 1 saturated heterocycles. The molecule has 1 fully saturated rings. The van der Waals surface area contributed by atoms with Crippen molar-refractivity contribution in [2.45, 2.75) is 74.3 Å². The van der Waals surface area contributed by atoms with Gasteiger partial charge in [-0.2, -0.15) is 0 Å². The van der Waals surface area contributed by atoms with Gasteiger partial charge in [0.15, 0.2) is 17.2 Å². The van der Waals surface area contributed by atoms with Crippen LogP contribution in [0.15, 0.2) is 29.4 Å². The minimum atomic E-state index is -1.72. The summed E-state index contributed by atoms with van der Waals surface area (Å²) >= 11 is 13.7. The normalized spacial score (nSPS) is 36.6. The van der Waals surface area contributed by atoms with Crippen LogP contribution < -0.4 is 4.74 Å². The summed E-state index contributed by atoms with van der Waals surface area (Å²) in [7, 11) is 0. The standard InChI is InChI=1S/C25H26Cl2O5/c1-13-5-4-6-14-9-15-17(31-12-14)10-16-19(20(15)28)22(30)24(27)11-18(26)23(2,3)32-25(24,8-7-13)21(16)29/h6-7,10,18,28H,4-5,8-9,11-12H2,1-3H3/b13-7+,14-6+/t18-,24+,25+/m1/s1. The van der Waals surface area contributed by atoms with Crippen molar-refractivity contribution in [1.82, 2.24) is 0 Å². The van der Waals surface area contributed by atoms with Gasteiger partial charge in [-0.25, -0.2) is 0 Å². The third-order valence-corrected chi connectivity index (χ3v) is 8.69. The molecule has 1 aromatic carbocycles. The largest absolute Gasteiger partial charge is 0.507 e. The molecule has 6 bridgehead atoms. The number of carbonyl (C=O) groups is 2. The van der Waals surface area contributed by atoms with Gasteiger partial charge in [-0.3, -0.25) is 9.59 Å². The van der Waals surface area contributed by atoms with Gasteiger partial charge in [0, 0.05) is 24.0 Å². The number of Topliss-reactive ketones (excluding diaryl/α,β-unsaturated/α-hetero) is 2. The van der Waals surface area contributed by atoms with E-state index in [2.05, 4.69) is 6.08 Å². The van der Waals surface area contributed by atoms with Gasteiger partial charge in [-0.1, -0.05) is 17.7 Å². The van der Waals surface area contributed by atoms with E-state index < -0.39 is 33.0 Å². The number of halogens is 2. The number of alkyl halides is 2. The Balaban J connectivity index is 1.83. The van der Waals surface area contributed by atoms with E-state index in [1.807, 2.05) is 26.8 Å². The molecule has 7 heteroatoms. The second-order valence-electron chi connectivity index (χ2n) is 9.91. The minimum Gasteiger partial charge on any atom is -0.507 e. The lowest BCUT2D eigenvalue weighted by molar-refractivity contribution is -0.157. The molecule has 0 aromatic heterocycles. The molecule has 8 rings (SSSR count). The van der Waals surface area contributed by atoms with E-state index in [1.54, 1.807) is 6.07 Å². The second-order valence-corrected chi connectivity index (χ2v) is 11.1. The molecule has 0 radical (unpaired) electrons. The first-order chi connectivity index (χ1) is 15.0. The molecule has 3 atom stereocenters. The van der Waals surface area contributed by atoms with Crippen molar-refractivity contribution in [3.63, 3.8) is 0 Å². The SMILES string of the molecule is C/C1=C\C[C@@]23OC(C)(C)[C@H](Cl)C[C@]2(Cl)C(=O)c2c(cc4c(c2O)C/C(=C\CC1)CO4)C3=O. The Labute approximate surface area is 197 Å². The Hall–Kier alpha value is -1.82. The Morgan fingerprint density at radius 1 is 1.19 bits per heavy atom. The van der Waals surface area contributed by atoms with E-state index >= 15 is 0 Å². The quantitative estimate of drug-likeness (QED) is 0.406. The number of phenols is 1. The summed E-state index contributed by atoms with van der Waals surface area (Å²) in [5.41, 5.74) is 0.169. The van der Waals surface area contributed by atoms with Crippen molar-refractivity contribution >= 4 is 34.8 Å². The fraction of sp³-hybridized carbons (Fsp3) is 0.520. The molecule has 0 amide bonds. The Bertz CT molecular complexity index is 1120. The first kappa shape index (κ1) is 22.0. The maximum absolute atomic E-state index is 14.1. The predicted octanol–water partition coefficient (Wildman–Crippen LogP) is 5.29. The number of allylic oxidation sites excluding steroid dienone is 2. The number of ether oxygens (including phenoxy) is 2. The van der Waals surface area contributed by atoms with Crippen LogP contribution in [0.2, 0.25) is 0 Å². The molecule has 1 aromatic rings. The monoisotopic (exact) mass is 476 g/mol. The molecule has 4 aliphatic carbocycles. The van der Waals surface area contributed by atoms with E-state index in [1.165, 1.54) is 0 Å². The zero-order chi connectivity index (χ0) is 23.1. The van der Waals surface area contributed by atoms with Crippen LogP contribution in [-0.4, -0.2) is 44.7 Å². The number of benzene rings is 1. The first-order valence-corrected chi connectivity index (χ1v) is 11.8. The van der Waals surface area contributed by atoms with Crippen molar-refractivity contribution in [3.8, 4) is 11.5 Å². The summed E-state index contributed by atoms with van der Waals surface area (Å²) in [6.45, 7) is 6.01. The van der Waals surface area contributed by atoms with Crippen molar-refractivity contribution in [2.24, 2.45) is 0 Å². The highest BCUT2D eigenvalue weighted by molar-refractivity contribution is 6.45. The third-order valence-electron chi connectivity index (χ3n) is 7.38. The molecular weight excluding hydrogens is 451 g/mol. The first-order valence-electron chi connectivity index (χ1n) is 11.0. The highest BCUT2D eigenvalue weighted by Gasteiger charge is 2.70. The summed E-state index contributed by atoms with van der Waals surface area (Å²) in [5, 5.41) is 10.6. The maximum atomic E-state index is 14.1. The molecule has 3 heterocycles. The predicted molar refractivity (Wildman–Crippen MR) is 122 cm³/mol. The van der Waals surface area contributed by atoms with Gasteiger partial charge < -0.3 is 14.6 Å². The van der Waals surface area contributed by atoms with Crippen LogP contribution in [0, 0.1) is 0 Å². The smallest absolute Gasteiger partial charge is 0.198 e. The Morgan fingerprint density at radius 3 is 2.69 bits per heavy atom. The topological polar surface area (TPSA) is 72.8 Å². The fourth-order valence-electron chi connectivity index (χ4n) is 5.36. The number of phenolic OH excluding ortho intramolecular Hbond substituents is 1. The van der Waals surface area contributed by atoms with Gasteiger partial charge in [0.1, 0.15) is 23.0 Å². The number of fused-ring (bicyclic) bond motifs is 1. The van der Waals surface area contributed by atoms with Crippen LogP contribution in [0.4, 0.5) is 0 Å². The average molecular weight is 477 g/mol. The van der Waals surface area contributed by atoms with Gasteiger partial charge in [0.05, 0.1) is 16.5 Å². The van der Waals surface area contributed by atoms with E-state index in [-0.39, 0.29) is 29.7 Å². The Morgan fingerprint density at radius 2 is 1.94 bits per heavy atom. The van der Waals surface area contributed by atoms with E-state index in [9.17, 15) is 14.7 Å². The Kier molecular flexibility index (Phi) is 4.87. The summed E-state index contributed by atoms with van der Waals surface area (Å²) in [6, 6.07) is 1.57. The van der Waals surface area contributed by atoms with Gasteiger partial charge in [0.2, 0.25) is 0 Å². The summed E-state index contributed by atoms with van der Waals surface area (Å²) in [6.07, 6.45) is 6.34. The van der Waals surface area contributed by atoms with Gasteiger partial charge in [-0.05, 0) is 51.7 Å². The molecule has 1 N–H and O–H groups in total. The number of aromatic hydroxyl groups is 1. The average Bonchev–Trinajstić information content (AvgIpc) is 2.73. The molecule has 3 aliphatic heterocycles. The molecule has 170 valence electrons. The molecule has 5 nitrogen and oxygen atoms in total.